The minimum absolute atomic E-state index is 0.358. The lowest BCUT2D eigenvalue weighted by molar-refractivity contribution is 0.0770. The van der Waals surface area contributed by atoms with E-state index in [4.69, 9.17) is 4.74 Å². The SMILES string of the molecule is CC(C)OCCNC1CCC(C)(C)CC1. The summed E-state index contributed by atoms with van der Waals surface area (Å²) < 4.78 is 5.51. The van der Waals surface area contributed by atoms with E-state index < -0.39 is 0 Å². The van der Waals surface area contributed by atoms with Crippen molar-refractivity contribution in [2.45, 2.75) is 65.5 Å². The van der Waals surface area contributed by atoms with Gasteiger partial charge in [-0.3, -0.25) is 0 Å². The van der Waals surface area contributed by atoms with Crippen LogP contribution in [0.1, 0.15) is 53.4 Å². The van der Waals surface area contributed by atoms with Gasteiger partial charge in [0.1, 0.15) is 0 Å². The van der Waals surface area contributed by atoms with Crippen molar-refractivity contribution in [3.05, 3.63) is 0 Å². The van der Waals surface area contributed by atoms with Crippen LogP contribution in [0.15, 0.2) is 0 Å². The molecule has 90 valence electrons. The molecule has 0 amide bonds. The Labute approximate surface area is 94.8 Å². The predicted molar refractivity (Wildman–Crippen MR) is 65.1 cm³/mol. The van der Waals surface area contributed by atoms with Gasteiger partial charge in [-0.05, 0) is 44.9 Å². The minimum Gasteiger partial charge on any atom is -0.377 e. The van der Waals surface area contributed by atoms with E-state index in [0.717, 1.165) is 19.2 Å². The van der Waals surface area contributed by atoms with Gasteiger partial charge in [0.05, 0.1) is 12.7 Å². The van der Waals surface area contributed by atoms with Gasteiger partial charge in [0.25, 0.3) is 0 Å². The standard InChI is InChI=1S/C13H27NO/c1-11(2)15-10-9-14-12-5-7-13(3,4)8-6-12/h11-12,14H,5-10H2,1-4H3. The first kappa shape index (κ1) is 13.0. The van der Waals surface area contributed by atoms with Crippen LogP contribution in [0.3, 0.4) is 0 Å². The Morgan fingerprint density at radius 1 is 1.27 bits per heavy atom. The molecule has 0 bridgehead atoms. The zero-order chi connectivity index (χ0) is 11.3. The van der Waals surface area contributed by atoms with Crippen molar-refractivity contribution in [1.29, 1.82) is 0 Å². The molecule has 15 heavy (non-hydrogen) atoms. The van der Waals surface area contributed by atoms with Crippen LogP contribution in [-0.2, 0) is 4.74 Å². The Kier molecular flexibility index (Phi) is 5.07. The summed E-state index contributed by atoms with van der Waals surface area (Å²) in [5.74, 6) is 0. The van der Waals surface area contributed by atoms with Crippen molar-refractivity contribution in [3.63, 3.8) is 0 Å². The first-order chi connectivity index (χ1) is 6.99. The average Bonchev–Trinajstić information content (AvgIpc) is 2.14. The van der Waals surface area contributed by atoms with Gasteiger partial charge in [-0.1, -0.05) is 13.8 Å². The number of hydrogen-bond donors (Lipinski definition) is 1. The number of rotatable bonds is 5. The van der Waals surface area contributed by atoms with Crippen LogP contribution in [0, 0.1) is 5.41 Å². The third kappa shape index (κ3) is 5.53. The largest absolute Gasteiger partial charge is 0.377 e. The second-order valence-corrected chi connectivity index (χ2v) is 5.81. The highest BCUT2D eigenvalue weighted by Crippen LogP contribution is 2.34. The molecule has 0 heterocycles. The molecule has 1 aliphatic carbocycles. The van der Waals surface area contributed by atoms with E-state index in [9.17, 15) is 0 Å². The zero-order valence-corrected chi connectivity index (χ0v) is 10.8. The highest BCUT2D eigenvalue weighted by atomic mass is 16.5. The molecule has 1 rings (SSSR count). The number of ether oxygens (including phenoxy) is 1. The van der Waals surface area contributed by atoms with Gasteiger partial charge in [0.2, 0.25) is 0 Å². The fourth-order valence-corrected chi connectivity index (χ4v) is 2.16. The summed E-state index contributed by atoms with van der Waals surface area (Å²) in [6, 6.07) is 0.730. The van der Waals surface area contributed by atoms with Crippen molar-refractivity contribution in [2.24, 2.45) is 5.41 Å². The molecule has 2 heteroatoms. The lowest BCUT2D eigenvalue weighted by Crippen LogP contribution is -2.37. The Morgan fingerprint density at radius 3 is 2.40 bits per heavy atom. The van der Waals surface area contributed by atoms with Crippen molar-refractivity contribution in [2.75, 3.05) is 13.2 Å². The topological polar surface area (TPSA) is 21.3 Å². The normalized spacial score (nSPS) is 22.2. The van der Waals surface area contributed by atoms with Crippen LogP contribution in [0.25, 0.3) is 0 Å². The van der Waals surface area contributed by atoms with Crippen molar-refractivity contribution < 1.29 is 4.74 Å². The second kappa shape index (κ2) is 5.86. The maximum absolute atomic E-state index is 5.51. The molecule has 0 aromatic heterocycles. The molecule has 1 saturated carbocycles. The molecule has 0 atom stereocenters. The lowest BCUT2D eigenvalue weighted by Gasteiger charge is -2.34. The average molecular weight is 213 g/mol. The summed E-state index contributed by atoms with van der Waals surface area (Å²) in [5.41, 5.74) is 0.576. The van der Waals surface area contributed by atoms with Crippen LogP contribution in [0.4, 0.5) is 0 Å². The van der Waals surface area contributed by atoms with Gasteiger partial charge in [0.15, 0.2) is 0 Å². The Hall–Kier alpha value is -0.0800. The van der Waals surface area contributed by atoms with Crippen LogP contribution in [-0.4, -0.2) is 25.3 Å². The van der Waals surface area contributed by atoms with Crippen molar-refractivity contribution in [3.8, 4) is 0 Å². The second-order valence-electron chi connectivity index (χ2n) is 5.81. The van der Waals surface area contributed by atoms with Crippen LogP contribution >= 0.6 is 0 Å². The predicted octanol–water partition coefficient (Wildman–Crippen LogP) is 2.97. The Balaban J connectivity index is 2.04. The summed E-state index contributed by atoms with van der Waals surface area (Å²) >= 11 is 0. The van der Waals surface area contributed by atoms with Crippen molar-refractivity contribution in [1.82, 2.24) is 5.32 Å². The molecule has 0 aliphatic heterocycles. The maximum Gasteiger partial charge on any atom is 0.0594 e. The lowest BCUT2D eigenvalue weighted by atomic mass is 9.75. The Morgan fingerprint density at radius 2 is 1.87 bits per heavy atom. The van der Waals surface area contributed by atoms with Gasteiger partial charge < -0.3 is 10.1 Å². The molecular formula is C13H27NO. The fraction of sp³-hybridized carbons (Fsp3) is 1.00. The van der Waals surface area contributed by atoms with E-state index in [1.165, 1.54) is 25.7 Å². The first-order valence-electron chi connectivity index (χ1n) is 6.34. The molecule has 0 radical (unpaired) electrons. The van der Waals surface area contributed by atoms with E-state index in [2.05, 4.69) is 33.0 Å². The van der Waals surface area contributed by atoms with Gasteiger partial charge in [-0.15, -0.1) is 0 Å². The van der Waals surface area contributed by atoms with Gasteiger partial charge in [-0.2, -0.15) is 0 Å². The number of nitrogens with one attached hydrogen (secondary N) is 1. The molecule has 1 fully saturated rings. The molecule has 0 unspecified atom stereocenters. The van der Waals surface area contributed by atoms with E-state index in [0.29, 0.717) is 11.5 Å². The third-order valence-electron chi connectivity index (χ3n) is 3.33. The molecule has 0 spiro atoms. The number of hydrogen-bond acceptors (Lipinski definition) is 2. The summed E-state index contributed by atoms with van der Waals surface area (Å²) in [6.07, 6.45) is 5.73. The highest BCUT2D eigenvalue weighted by Gasteiger charge is 2.26. The van der Waals surface area contributed by atoms with Crippen LogP contribution in [0.2, 0.25) is 0 Å². The summed E-state index contributed by atoms with van der Waals surface area (Å²) in [6.45, 7) is 10.8. The molecule has 0 saturated heterocycles. The molecular weight excluding hydrogens is 186 g/mol. The summed E-state index contributed by atoms with van der Waals surface area (Å²) in [5, 5.41) is 3.59. The Bertz CT molecular complexity index is 167. The highest BCUT2D eigenvalue weighted by molar-refractivity contribution is 4.81. The quantitative estimate of drug-likeness (QED) is 0.709. The molecule has 2 nitrogen and oxygen atoms in total. The van der Waals surface area contributed by atoms with Gasteiger partial charge in [0, 0.05) is 12.6 Å². The smallest absolute Gasteiger partial charge is 0.0594 e. The van der Waals surface area contributed by atoms with Gasteiger partial charge >= 0.3 is 0 Å². The molecule has 0 aromatic carbocycles. The van der Waals surface area contributed by atoms with Crippen LogP contribution in [0.5, 0.6) is 0 Å². The summed E-state index contributed by atoms with van der Waals surface area (Å²) in [4.78, 5) is 0. The minimum atomic E-state index is 0.358. The van der Waals surface area contributed by atoms with E-state index in [-0.39, 0.29) is 0 Å². The van der Waals surface area contributed by atoms with Crippen molar-refractivity contribution >= 4 is 0 Å². The van der Waals surface area contributed by atoms with E-state index >= 15 is 0 Å². The van der Waals surface area contributed by atoms with Gasteiger partial charge in [-0.25, -0.2) is 0 Å². The molecule has 0 aromatic rings. The first-order valence-corrected chi connectivity index (χ1v) is 6.34. The fourth-order valence-electron chi connectivity index (χ4n) is 2.16. The molecule has 1 N–H and O–H groups in total. The molecule has 1 aliphatic rings. The summed E-state index contributed by atoms with van der Waals surface area (Å²) in [7, 11) is 0. The van der Waals surface area contributed by atoms with E-state index in [1.54, 1.807) is 0 Å². The third-order valence-corrected chi connectivity index (χ3v) is 3.33. The monoisotopic (exact) mass is 213 g/mol. The van der Waals surface area contributed by atoms with E-state index in [1.807, 2.05) is 0 Å². The maximum atomic E-state index is 5.51. The van der Waals surface area contributed by atoms with Crippen LogP contribution < -0.4 is 5.32 Å². The zero-order valence-electron chi connectivity index (χ0n) is 10.8.